The number of rotatable bonds is 5. The molecule has 2 aliphatic rings. The number of carbonyl (C=O) groups excluding carboxylic acids is 1. The number of anilines is 1. The quantitative estimate of drug-likeness (QED) is 0.861. The second-order valence-electron chi connectivity index (χ2n) is 7.32. The molecule has 1 aromatic heterocycles. The number of aromatic nitrogens is 2. The van der Waals surface area contributed by atoms with Gasteiger partial charge in [0.15, 0.2) is 11.5 Å². The molecule has 1 N–H and O–H groups in total. The van der Waals surface area contributed by atoms with Crippen LogP contribution in [0.1, 0.15) is 31.4 Å². The third-order valence-corrected chi connectivity index (χ3v) is 5.29. The summed E-state index contributed by atoms with van der Waals surface area (Å²) in [6.45, 7) is 5.01. The van der Waals surface area contributed by atoms with Crippen molar-refractivity contribution in [3.8, 4) is 11.5 Å². The molecular weight excluding hydrogens is 356 g/mol. The van der Waals surface area contributed by atoms with E-state index in [1.807, 2.05) is 22.9 Å². The number of amides is 1. The van der Waals surface area contributed by atoms with Crippen LogP contribution in [0.2, 0.25) is 0 Å². The summed E-state index contributed by atoms with van der Waals surface area (Å²) in [5.41, 5.74) is 2.35. The van der Waals surface area contributed by atoms with Crippen molar-refractivity contribution in [2.45, 2.75) is 25.8 Å². The Morgan fingerprint density at radius 3 is 2.89 bits per heavy atom. The van der Waals surface area contributed by atoms with Gasteiger partial charge in [-0.05, 0) is 30.6 Å². The van der Waals surface area contributed by atoms with Crippen molar-refractivity contribution < 1.29 is 14.3 Å². The smallest absolute Gasteiger partial charge is 0.222 e. The minimum absolute atomic E-state index is 0.0691. The Balaban J connectivity index is 1.37. The number of benzene rings is 1. The molecule has 1 amide bonds. The first-order valence-electron chi connectivity index (χ1n) is 9.66. The molecular formula is C21H26N4O3. The van der Waals surface area contributed by atoms with E-state index in [2.05, 4.69) is 27.5 Å². The maximum Gasteiger partial charge on any atom is 0.222 e. The molecule has 7 nitrogen and oxygen atoms in total. The summed E-state index contributed by atoms with van der Waals surface area (Å²) in [5.74, 6) is 2.32. The van der Waals surface area contributed by atoms with Crippen molar-refractivity contribution in [2.75, 3.05) is 38.7 Å². The van der Waals surface area contributed by atoms with Gasteiger partial charge in [0.2, 0.25) is 5.91 Å². The summed E-state index contributed by atoms with van der Waals surface area (Å²) in [7, 11) is 1.67. The predicted octanol–water partition coefficient (Wildman–Crippen LogP) is 2.96. The molecule has 2 aliphatic heterocycles. The number of hydrogen-bond acceptors (Lipinski definition) is 5. The zero-order valence-corrected chi connectivity index (χ0v) is 16.4. The minimum atomic E-state index is -0.0691. The minimum Gasteiger partial charge on any atom is -0.493 e. The monoisotopic (exact) mass is 382 g/mol. The van der Waals surface area contributed by atoms with Gasteiger partial charge in [0.05, 0.1) is 19.3 Å². The van der Waals surface area contributed by atoms with Crippen LogP contribution in [0.15, 0.2) is 36.0 Å². The van der Waals surface area contributed by atoms with E-state index in [0.717, 1.165) is 55.4 Å². The Kier molecular flexibility index (Phi) is 5.34. The Bertz CT molecular complexity index is 882. The van der Waals surface area contributed by atoms with E-state index < -0.39 is 0 Å². The standard InChI is InChI=1S/C21H26N4O3/c1-15(26)23-20-6-9-22-25(20)18-7-10-24(11-8-18)13-16-12-17-4-3-5-19(27-2)21(17)28-14-16/h3-6,9,12,18H,7-8,10-11,13-14H2,1-2H3,(H,23,26). The van der Waals surface area contributed by atoms with Crippen molar-refractivity contribution in [1.29, 1.82) is 0 Å². The third-order valence-electron chi connectivity index (χ3n) is 5.29. The zero-order valence-electron chi connectivity index (χ0n) is 16.4. The van der Waals surface area contributed by atoms with E-state index in [9.17, 15) is 4.79 Å². The molecule has 0 unspecified atom stereocenters. The number of ether oxygens (including phenoxy) is 2. The fourth-order valence-electron chi connectivity index (χ4n) is 3.97. The molecule has 0 bridgehead atoms. The molecule has 0 atom stereocenters. The fraction of sp³-hybridized carbons (Fsp3) is 0.429. The Hall–Kier alpha value is -2.80. The number of para-hydroxylation sites is 1. The number of methoxy groups -OCH3 is 1. The van der Waals surface area contributed by atoms with Gasteiger partial charge in [0, 0.05) is 38.2 Å². The third kappa shape index (κ3) is 3.89. The Labute approximate surface area is 164 Å². The number of nitrogens with one attached hydrogen (secondary N) is 1. The van der Waals surface area contributed by atoms with Crippen molar-refractivity contribution >= 4 is 17.8 Å². The van der Waals surface area contributed by atoms with Crippen LogP contribution in [0.3, 0.4) is 0 Å². The molecule has 1 aromatic carbocycles. The largest absolute Gasteiger partial charge is 0.493 e. The predicted molar refractivity (Wildman–Crippen MR) is 108 cm³/mol. The lowest BCUT2D eigenvalue weighted by Gasteiger charge is -2.33. The highest BCUT2D eigenvalue weighted by atomic mass is 16.5. The van der Waals surface area contributed by atoms with Crippen molar-refractivity contribution in [2.24, 2.45) is 0 Å². The first-order valence-corrected chi connectivity index (χ1v) is 9.66. The van der Waals surface area contributed by atoms with Crippen LogP contribution in [0.4, 0.5) is 5.82 Å². The maximum atomic E-state index is 11.4. The van der Waals surface area contributed by atoms with Crippen LogP contribution < -0.4 is 14.8 Å². The number of nitrogens with zero attached hydrogens (tertiary/aromatic N) is 3. The Morgan fingerprint density at radius 1 is 1.32 bits per heavy atom. The first-order chi connectivity index (χ1) is 13.6. The van der Waals surface area contributed by atoms with Crippen LogP contribution in [0.5, 0.6) is 11.5 Å². The SMILES string of the molecule is COc1cccc2c1OCC(CN1CCC(n3nccc3NC(C)=O)CC1)=C2. The number of carbonyl (C=O) groups is 1. The van der Waals surface area contributed by atoms with Crippen molar-refractivity contribution in [3.63, 3.8) is 0 Å². The number of likely N-dealkylation sites (tertiary alicyclic amines) is 1. The summed E-state index contributed by atoms with van der Waals surface area (Å²) in [5, 5.41) is 7.27. The average Bonchev–Trinajstić information content (AvgIpc) is 3.15. The number of hydrogen-bond donors (Lipinski definition) is 1. The highest BCUT2D eigenvalue weighted by molar-refractivity contribution is 5.87. The molecule has 3 heterocycles. The zero-order chi connectivity index (χ0) is 19.5. The van der Waals surface area contributed by atoms with Crippen LogP contribution >= 0.6 is 0 Å². The van der Waals surface area contributed by atoms with Gasteiger partial charge in [-0.3, -0.25) is 9.69 Å². The van der Waals surface area contributed by atoms with Crippen LogP contribution in [-0.4, -0.2) is 53.9 Å². The van der Waals surface area contributed by atoms with Crippen LogP contribution in [0.25, 0.3) is 6.08 Å². The lowest BCUT2D eigenvalue weighted by atomic mass is 10.0. The van der Waals surface area contributed by atoms with Gasteiger partial charge in [-0.1, -0.05) is 12.1 Å². The highest BCUT2D eigenvalue weighted by Crippen LogP contribution is 2.36. The molecule has 1 saturated heterocycles. The molecule has 1 fully saturated rings. The summed E-state index contributed by atoms with van der Waals surface area (Å²) >= 11 is 0. The highest BCUT2D eigenvalue weighted by Gasteiger charge is 2.24. The van der Waals surface area contributed by atoms with E-state index in [1.165, 1.54) is 12.5 Å². The fourth-order valence-corrected chi connectivity index (χ4v) is 3.97. The summed E-state index contributed by atoms with van der Waals surface area (Å²) < 4.78 is 13.3. The molecule has 0 aliphatic carbocycles. The van der Waals surface area contributed by atoms with Gasteiger partial charge >= 0.3 is 0 Å². The molecule has 148 valence electrons. The lowest BCUT2D eigenvalue weighted by molar-refractivity contribution is -0.114. The molecule has 4 rings (SSSR count). The second kappa shape index (κ2) is 8.06. The van der Waals surface area contributed by atoms with Gasteiger partial charge < -0.3 is 14.8 Å². The molecule has 2 aromatic rings. The van der Waals surface area contributed by atoms with Crippen LogP contribution in [-0.2, 0) is 4.79 Å². The Morgan fingerprint density at radius 2 is 2.14 bits per heavy atom. The average molecular weight is 382 g/mol. The van der Waals surface area contributed by atoms with E-state index >= 15 is 0 Å². The molecule has 28 heavy (non-hydrogen) atoms. The van der Waals surface area contributed by atoms with Crippen molar-refractivity contribution in [1.82, 2.24) is 14.7 Å². The van der Waals surface area contributed by atoms with E-state index in [4.69, 9.17) is 9.47 Å². The molecule has 7 heteroatoms. The first kappa shape index (κ1) is 18.6. The normalized spacial score (nSPS) is 17.4. The van der Waals surface area contributed by atoms with Gasteiger partial charge in [-0.15, -0.1) is 0 Å². The van der Waals surface area contributed by atoms with Gasteiger partial charge in [-0.25, -0.2) is 4.68 Å². The van der Waals surface area contributed by atoms with E-state index in [0.29, 0.717) is 12.6 Å². The molecule has 0 saturated carbocycles. The summed E-state index contributed by atoms with van der Waals surface area (Å²) in [6, 6.07) is 8.14. The van der Waals surface area contributed by atoms with Gasteiger partial charge in [0.25, 0.3) is 0 Å². The molecule has 0 radical (unpaired) electrons. The summed E-state index contributed by atoms with van der Waals surface area (Å²) in [4.78, 5) is 13.8. The number of piperidine rings is 1. The second-order valence-corrected chi connectivity index (χ2v) is 7.32. The van der Waals surface area contributed by atoms with Gasteiger partial charge in [0.1, 0.15) is 12.4 Å². The number of fused-ring (bicyclic) bond motifs is 1. The topological polar surface area (TPSA) is 68.6 Å². The van der Waals surface area contributed by atoms with Crippen molar-refractivity contribution in [3.05, 3.63) is 41.6 Å². The lowest BCUT2D eigenvalue weighted by Crippen LogP contribution is -2.37. The van der Waals surface area contributed by atoms with E-state index in [-0.39, 0.29) is 5.91 Å². The molecule has 0 spiro atoms. The van der Waals surface area contributed by atoms with E-state index in [1.54, 1.807) is 13.3 Å². The maximum absolute atomic E-state index is 11.4. The van der Waals surface area contributed by atoms with Crippen LogP contribution in [0, 0.1) is 0 Å². The summed E-state index contributed by atoms with van der Waals surface area (Å²) in [6.07, 6.45) is 5.98. The van der Waals surface area contributed by atoms with Gasteiger partial charge in [-0.2, -0.15) is 5.10 Å².